The molecule has 0 saturated carbocycles. The first-order valence-corrected chi connectivity index (χ1v) is 14.1. The van der Waals surface area contributed by atoms with Gasteiger partial charge in [-0.15, -0.1) is 11.8 Å². The third-order valence-corrected chi connectivity index (χ3v) is 8.71. The highest BCUT2D eigenvalue weighted by molar-refractivity contribution is 8.00. The van der Waals surface area contributed by atoms with Crippen LogP contribution in [0.2, 0.25) is 0 Å². The van der Waals surface area contributed by atoms with Gasteiger partial charge in [0, 0.05) is 6.42 Å². The van der Waals surface area contributed by atoms with Gasteiger partial charge in [-0.2, -0.15) is 10.1 Å². The van der Waals surface area contributed by atoms with Crippen molar-refractivity contribution in [1.29, 1.82) is 0 Å². The number of para-hydroxylation sites is 1. The van der Waals surface area contributed by atoms with Gasteiger partial charge in [0.25, 0.3) is 0 Å². The fraction of sp³-hybridized carbons (Fsp3) is 0.545. The van der Waals surface area contributed by atoms with E-state index in [2.05, 4.69) is 15.1 Å². The predicted molar refractivity (Wildman–Crippen MR) is 135 cm³/mol. The van der Waals surface area contributed by atoms with E-state index in [1.807, 2.05) is 13.8 Å². The Labute approximate surface area is 213 Å². The Balaban J connectivity index is 1.70. The Morgan fingerprint density at radius 1 is 1.33 bits per heavy atom. The van der Waals surface area contributed by atoms with E-state index in [0.29, 0.717) is 12.8 Å². The minimum atomic E-state index is -4.08. The van der Waals surface area contributed by atoms with Gasteiger partial charge in [0.05, 0.1) is 23.3 Å². The van der Waals surface area contributed by atoms with Gasteiger partial charge in [-0.25, -0.2) is 14.3 Å². The average Bonchev–Trinajstić information content (AvgIpc) is 3.21. The highest BCUT2D eigenvalue weighted by atomic mass is 32.2. The zero-order valence-electron chi connectivity index (χ0n) is 20.4. The Kier molecular flexibility index (Phi) is 9.92. The van der Waals surface area contributed by atoms with Crippen molar-refractivity contribution in [2.45, 2.75) is 68.9 Å². The predicted octanol–water partition coefficient (Wildman–Crippen LogP) is 2.50. The fourth-order valence-electron chi connectivity index (χ4n) is 3.48. The van der Waals surface area contributed by atoms with Crippen molar-refractivity contribution in [1.82, 2.24) is 19.6 Å². The van der Waals surface area contributed by atoms with E-state index in [1.54, 1.807) is 30.3 Å². The third kappa shape index (κ3) is 7.53. The Bertz CT molecular complexity index is 1120. The number of carbonyl (C=O) groups is 1. The molecule has 0 bridgehead atoms. The minimum absolute atomic E-state index is 0.137. The average molecular weight is 542 g/mol. The molecule has 12 nitrogen and oxygen atoms in total. The van der Waals surface area contributed by atoms with Crippen LogP contribution in [0.15, 0.2) is 41.5 Å². The summed E-state index contributed by atoms with van der Waals surface area (Å²) in [5.41, 5.74) is 4.86. The summed E-state index contributed by atoms with van der Waals surface area (Å²) in [5, 5.41) is 12.2. The normalized spacial score (nSPS) is 22.2. The van der Waals surface area contributed by atoms with Gasteiger partial charge in [0.1, 0.15) is 24.2 Å². The van der Waals surface area contributed by atoms with Crippen molar-refractivity contribution >= 4 is 31.4 Å². The highest BCUT2D eigenvalue weighted by Crippen LogP contribution is 2.48. The molecule has 1 aromatic carbocycles. The lowest BCUT2D eigenvalue weighted by atomic mass is 10.2. The smallest absolute Gasteiger partial charge is 0.459 e. The van der Waals surface area contributed by atoms with Crippen LogP contribution in [-0.2, 0) is 18.6 Å². The highest BCUT2D eigenvalue weighted by Gasteiger charge is 2.39. The second kappa shape index (κ2) is 12.7. The largest absolute Gasteiger partial charge is 0.461 e. The number of nitrogen functional groups attached to an aromatic ring is 1. The van der Waals surface area contributed by atoms with Gasteiger partial charge in [-0.05, 0) is 31.9 Å². The number of carbonyl (C=O) groups excluding carboxylic acids is 1. The van der Waals surface area contributed by atoms with E-state index in [4.69, 9.17) is 19.5 Å². The molecule has 1 aromatic heterocycles. The number of rotatable bonds is 12. The first-order valence-electron chi connectivity index (χ1n) is 11.7. The molecule has 0 amide bonds. The molecule has 14 heteroatoms. The summed E-state index contributed by atoms with van der Waals surface area (Å²) in [4.78, 5) is 32.2. The number of thioether (sulfide) groups is 1. The Morgan fingerprint density at radius 3 is 2.67 bits per heavy atom. The molecule has 5 atom stereocenters. The standard InChI is InChI=1S/C22H32N5O7PS/c1-4-15(5-2)33-20(29)14(3)26-35(31,34-16-9-7-6-8-10-16)32-12-18-17(28)11-19(36-18)27-13-24-21(23)25-22(27)30/h6-10,13-15,17-19,28H,4-5,11-12H2,1-3H3,(H,26,31)(H2,23,25,30)/t14-,17?,18?,19+,35-/m0/s1. The fourth-order valence-corrected chi connectivity index (χ4v) is 6.53. The number of anilines is 1. The number of nitrogens with two attached hydrogens (primary N) is 1. The van der Waals surface area contributed by atoms with Crippen LogP contribution in [0.25, 0.3) is 0 Å². The van der Waals surface area contributed by atoms with E-state index >= 15 is 0 Å². The number of hydrogen-bond acceptors (Lipinski definition) is 11. The maximum atomic E-state index is 13.7. The number of aromatic nitrogens is 3. The molecular weight excluding hydrogens is 509 g/mol. The van der Waals surface area contributed by atoms with Crippen molar-refractivity contribution < 1.29 is 28.3 Å². The number of nitrogens with one attached hydrogen (secondary N) is 1. The van der Waals surface area contributed by atoms with Crippen LogP contribution in [-0.4, -0.2) is 55.7 Å². The van der Waals surface area contributed by atoms with E-state index in [0.717, 1.165) is 0 Å². The van der Waals surface area contributed by atoms with Crippen molar-refractivity contribution in [2.75, 3.05) is 12.3 Å². The quantitative estimate of drug-likeness (QED) is 0.266. The lowest BCUT2D eigenvalue weighted by Crippen LogP contribution is -2.37. The molecule has 3 rings (SSSR count). The van der Waals surface area contributed by atoms with Crippen LogP contribution < -0.4 is 21.0 Å². The van der Waals surface area contributed by atoms with Gasteiger partial charge in [-0.3, -0.25) is 13.9 Å². The summed E-state index contributed by atoms with van der Waals surface area (Å²) in [6.07, 6.45) is 1.69. The van der Waals surface area contributed by atoms with E-state index < -0.39 is 42.2 Å². The molecule has 1 fully saturated rings. The maximum Gasteiger partial charge on any atom is 0.459 e. The number of esters is 1. The van der Waals surface area contributed by atoms with Crippen molar-refractivity contribution in [2.24, 2.45) is 0 Å². The number of ether oxygens (including phenoxy) is 1. The molecular formula is C22H32N5O7PS. The molecule has 0 aliphatic carbocycles. The topological polar surface area (TPSA) is 168 Å². The number of aliphatic hydroxyl groups excluding tert-OH is 1. The summed E-state index contributed by atoms with van der Waals surface area (Å²) in [6, 6.07) is 7.41. The van der Waals surface area contributed by atoms with Gasteiger partial charge < -0.3 is 20.1 Å². The molecule has 1 aliphatic rings. The van der Waals surface area contributed by atoms with Crippen LogP contribution >= 0.6 is 19.5 Å². The molecule has 0 spiro atoms. The summed E-state index contributed by atoms with van der Waals surface area (Å²) < 4.78 is 31.8. The molecule has 2 aromatic rings. The molecule has 0 radical (unpaired) electrons. The summed E-state index contributed by atoms with van der Waals surface area (Å²) >= 11 is 1.25. The third-order valence-electron chi connectivity index (χ3n) is 5.54. The molecule has 1 aliphatic heterocycles. The zero-order valence-corrected chi connectivity index (χ0v) is 22.1. The summed E-state index contributed by atoms with van der Waals surface area (Å²) in [7, 11) is -4.08. The lowest BCUT2D eigenvalue weighted by molar-refractivity contribution is -0.151. The Hall–Kier alpha value is -2.44. The monoisotopic (exact) mass is 541 g/mol. The van der Waals surface area contributed by atoms with Crippen LogP contribution in [0.1, 0.15) is 45.4 Å². The maximum absolute atomic E-state index is 13.7. The molecule has 198 valence electrons. The van der Waals surface area contributed by atoms with Crippen LogP contribution in [0.4, 0.5) is 5.95 Å². The summed E-state index contributed by atoms with van der Waals surface area (Å²) in [5.74, 6) is -0.444. The van der Waals surface area contributed by atoms with Gasteiger partial charge in [-0.1, -0.05) is 32.0 Å². The number of hydrogen-bond donors (Lipinski definition) is 3. The van der Waals surface area contributed by atoms with Crippen molar-refractivity contribution in [3.63, 3.8) is 0 Å². The number of benzene rings is 1. The molecule has 2 heterocycles. The number of aliphatic hydroxyl groups is 1. The molecule has 1 saturated heterocycles. The van der Waals surface area contributed by atoms with Crippen LogP contribution in [0.5, 0.6) is 5.75 Å². The molecule has 36 heavy (non-hydrogen) atoms. The molecule has 2 unspecified atom stereocenters. The van der Waals surface area contributed by atoms with E-state index in [1.165, 1.54) is 29.6 Å². The first-order chi connectivity index (χ1) is 17.1. The van der Waals surface area contributed by atoms with Crippen LogP contribution in [0, 0.1) is 0 Å². The second-order valence-electron chi connectivity index (χ2n) is 8.26. The van der Waals surface area contributed by atoms with Gasteiger partial charge in [0.15, 0.2) is 0 Å². The second-order valence-corrected chi connectivity index (χ2v) is 11.4. The Morgan fingerprint density at radius 2 is 2.03 bits per heavy atom. The SMILES string of the molecule is CCC(CC)OC(=O)[C@H](C)N[P@](=O)(OCC1S[C@@H](n2cnc(N)nc2=O)CC1O)Oc1ccccc1. The van der Waals surface area contributed by atoms with E-state index in [-0.39, 0.29) is 30.8 Å². The van der Waals surface area contributed by atoms with Crippen molar-refractivity contribution in [3.05, 3.63) is 47.1 Å². The van der Waals surface area contributed by atoms with Crippen LogP contribution in [0.3, 0.4) is 0 Å². The first kappa shape index (κ1) is 28.1. The van der Waals surface area contributed by atoms with Gasteiger partial charge >= 0.3 is 19.4 Å². The summed E-state index contributed by atoms with van der Waals surface area (Å²) in [6.45, 7) is 5.15. The zero-order chi connectivity index (χ0) is 26.3. The minimum Gasteiger partial charge on any atom is -0.461 e. The lowest BCUT2D eigenvalue weighted by Gasteiger charge is -2.25. The molecule has 4 N–H and O–H groups in total. The van der Waals surface area contributed by atoms with E-state index in [9.17, 15) is 19.3 Å². The van der Waals surface area contributed by atoms with Crippen molar-refractivity contribution in [3.8, 4) is 5.75 Å². The number of nitrogens with zero attached hydrogens (tertiary/aromatic N) is 3. The van der Waals surface area contributed by atoms with Gasteiger partial charge in [0.2, 0.25) is 5.95 Å².